The second kappa shape index (κ2) is 10.6. The van der Waals surface area contributed by atoms with Gasteiger partial charge in [0.05, 0.1) is 12.3 Å². The van der Waals surface area contributed by atoms with Crippen LogP contribution in [0, 0.1) is 17.6 Å². The molecule has 0 saturated carbocycles. The summed E-state index contributed by atoms with van der Waals surface area (Å²) in [6, 6.07) is 10.4. The van der Waals surface area contributed by atoms with Gasteiger partial charge in [0.1, 0.15) is 11.6 Å². The van der Waals surface area contributed by atoms with E-state index >= 15 is 0 Å². The van der Waals surface area contributed by atoms with Crippen LogP contribution in [0.15, 0.2) is 42.5 Å². The highest BCUT2D eigenvalue weighted by molar-refractivity contribution is 6.31. The van der Waals surface area contributed by atoms with E-state index in [1.165, 1.54) is 24.3 Å². The van der Waals surface area contributed by atoms with Gasteiger partial charge in [0, 0.05) is 50.8 Å². The zero-order valence-electron chi connectivity index (χ0n) is 18.5. The first-order chi connectivity index (χ1) is 15.9. The van der Waals surface area contributed by atoms with E-state index in [0.717, 1.165) is 37.1 Å². The van der Waals surface area contributed by atoms with Gasteiger partial charge in [0.15, 0.2) is 0 Å². The van der Waals surface area contributed by atoms with Crippen LogP contribution in [0.25, 0.3) is 0 Å². The Hall–Kier alpha value is -2.51. The first-order valence-electron chi connectivity index (χ1n) is 11.4. The van der Waals surface area contributed by atoms with Crippen LogP contribution in [0.1, 0.15) is 24.0 Å². The quantitative estimate of drug-likeness (QED) is 0.661. The Bertz CT molecular complexity index is 994. The minimum Gasteiger partial charge on any atom is -0.342 e. The molecule has 2 amide bonds. The summed E-state index contributed by atoms with van der Waals surface area (Å²) in [6.07, 6.45) is 1.80. The molecule has 1 atom stereocenters. The summed E-state index contributed by atoms with van der Waals surface area (Å²) >= 11 is 6.15. The molecule has 33 heavy (non-hydrogen) atoms. The zero-order chi connectivity index (χ0) is 23.4. The number of nitrogens with zero attached hydrogens (tertiary/aromatic N) is 3. The molecule has 5 nitrogen and oxygen atoms in total. The number of hydrogen-bond donors (Lipinski definition) is 0. The third kappa shape index (κ3) is 6.09. The molecule has 2 fully saturated rings. The Labute approximate surface area is 197 Å². The number of carbonyl (C=O) groups is 2. The number of amides is 2. The van der Waals surface area contributed by atoms with Crippen molar-refractivity contribution < 1.29 is 18.4 Å². The number of piperidine rings is 1. The average molecular weight is 476 g/mol. The van der Waals surface area contributed by atoms with Crippen molar-refractivity contribution in [3.8, 4) is 0 Å². The molecule has 2 saturated heterocycles. The molecule has 2 aliphatic heterocycles. The third-order valence-corrected chi connectivity index (χ3v) is 6.84. The maximum Gasteiger partial charge on any atom is 0.227 e. The van der Waals surface area contributed by atoms with Crippen molar-refractivity contribution >= 4 is 23.4 Å². The Morgan fingerprint density at radius 1 is 0.909 bits per heavy atom. The first kappa shape index (κ1) is 23.6. The molecule has 0 radical (unpaired) electrons. The van der Waals surface area contributed by atoms with Gasteiger partial charge in [0.25, 0.3) is 0 Å². The summed E-state index contributed by atoms with van der Waals surface area (Å²) in [5.41, 5.74) is 1.65. The maximum atomic E-state index is 13.3. The predicted molar refractivity (Wildman–Crippen MR) is 123 cm³/mol. The summed E-state index contributed by atoms with van der Waals surface area (Å²) in [4.78, 5) is 31.7. The normalized spacial score (nSPS) is 19.5. The minimum atomic E-state index is -0.350. The summed E-state index contributed by atoms with van der Waals surface area (Å²) < 4.78 is 26.4. The number of likely N-dealkylation sites (tertiary alicyclic amines) is 1. The van der Waals surface area contributed by atoms with E-state index in [-0.39, 0.29) is 35.8 Å². The SMILES string of the molecule is O=C(Cc1ccc(F)cc1)N1CCCC(C(=O)N2CCN(Cc3ccc(F)cc3Cl)CC2)C1. The monoisotopic (exact) mass is 475 g/mol. The van der Waals surface area contributed by atoms with Gasteiger partial charge in [0.2, 0.25) is 11.8 Å². The molecule has 8 heteroatoms. The molecule has 0 spiro atoms. The Morgan fingerprint density at radius 3 is 2.30 bits per heavy atom. The summed E-state index contributed by atoms with van der Waals surface area (Å²) in [5, 5.41) is 0.418. The molecule has 0 aliphatic carbocycles. The Balaban J connectivity index is 1.27. The van der Waals surface area contributed by atoms with Gasteiger partial charge in [-0.15, -0.1) is 0 Å². The summed E-state index contributed by atoms with van der Waals surface area (Å²) in [7, 11) is 0. The fourth-order valence-corrected chi connectivity index (χ4v) is 4.80. The highest BCUT2D eigenvalue weighted by Crippen LogP contribution is 2.23. The van der Waals surface area contributed by atoms with E-state index in [1.807, 2.05) is 4.90 Å². The van der Waals surface area contributed by atoms with Crippen LogP contribution in [0.2, 0.25) is 5.02 Å². The molecule has 2 aromatic carbocycles. The lowest BCUT2D eigenvalue weighted by molar-refractivity contribution is -0.142. The standard InChI is InChI=1S/C25H28ClF2N3O2/c26-23-15-22(28)8-5-19(23)16-29-10-12-30(13-11-29)25(33)20-2-1-9-31(17-20)24(32)14-18-3-6-21(27)7-4-18/h3-8,15,20H,1-2,9-14,16-17H2. The molecule has 176 valence electrons. The smallest absolute Gasteiger partial charge is 0.227 e. The Morgan fingerprint density at radius 2 is 1.61 bits per heavy atom. The average Bonchev–Trinajstić information content (AvgIpc) is 2.82. The number of benzene rings is 2. The van der Waals surface area contributed by atoms with E-state index in [0.29, 0.717) is 37.7 Å². The van der Waals surface area contributed by atoms with Gasteiger partial charge in [-0.25, -0.2) is 8.78 Å². The number of piperazine rings is 1. The van der Waals surface area contributed by atoms with Crippen molar-refractivity contribution in [2.24, 2.45) is 5.92 Å². The van der Waals surface area contributed by atoms with Gasteiger partial charge in [-0.3, -0.25) is 14.5 Å². The number of hydrogen-bond acceptors (Lipinski definition) is 3. The molecule has 2 aliphatic rings. The fourth-order valence-electron chi connectivity index (χ4n) is 4.57. The molecule has 1 unspecified atom stereocenters. The minimum absolute atomic E-state index is 0.0277. The molecule has 0 N–H and O–H groups in total. The van der Waals surface area contributed by atoms with Crippen LogP contribution in [-0.4, -0.2) is 65.8 Å². The number of carbonyl (C=O) groups excluding carboxylic acids is 2. The van der Waals surface area contributed by atoms with Gasteiger partial charge in [-0.05, 0) is 48.2 Å². The summed E-state index contributed by atoms with van der Waals surface area (Å²) in [5.74, 6) is -0.782. The molecular formula is C25H28ClF2N3O2. The van der Waals surface area contributed by atoms with E-state index in [4.69, 9.17) is 11.6 Å². The maximum absolute atomic E-state index is 13.3. The lowest BCUT2D eigenvalue weighted by atomic mass is 9.95. The third-order valence-electron chi connectivity index (χ3n) is 6.48. The molecular weight excluding hydrogens is 448 g/mol. The van der Waals surface area contributed by atoms with Gasteiger partial charge in [-0.1, -0.05) is 29.8 Å². The lowest BCUT2D eigenvalue weighted by Crippen LogP contribution is -2.52. The predicted octanol–water partition coefficient (Wildman–Crippen LogP) is 3.74. The lowest BCUT2D eigenvalue weighted by Gasteiger charge is -2.39. The van der Waals surface area contributed by atoms with Crippen molar-refractivity contribution in [3.05, 3.63) is 70.2 Å². The van der Waals surface area contributed by atoms with Crippen LogP contribution in [-0.2, 0) is 22.6 Å². The van der Waals surface area contributed by atoms with Crippen LogP contribution in [0.3, 0.4) is 0 Å². The van der Waals surface area contributed by atoms with Gasteiger partial charge in [-0.2, -0.15) is 0 Å². The van der Waals surface area contributed by atoms with Crippen molar-refractivity contribution in [1.29, 1.82) is 0 Å². The highest BCUT2D eigenvalue weighted by Gasteiger charge is 2.32. The second-order valence-electron chi connectivity index (χ2n) is 8.82. The van der Waals surface area contributed by atoms with Crippen LogP contribution < -0.4 is 0 Å². The molecule has 2 aromatic rings. The van der Waals surface area contributed by atoms with Crippen LogP contribution in [0.4, 0.5) is 8.78 Å². The van der Waals surface area contributed by atoms with E-state index < -0.39 is 0 Å². The van der Waals surface area contributed by atoms with Crippen molar-refractivity contribution in [2.45, 2.75) is 25.8 Å². The van der Waals surface area contributed by atoms with Crippen LogP contribution >= 0.6 is 11.6 Å². The summed E-state index contributed by atoms with van der Waals surface area (Å²) in [6.45, 7) is 4.39. The number of halogens is 3. The molecule has 0 bridgehead atoms. The number of rotatable bonds is 5. The van der Waals surface area contributed by atoms with Crippen molar-refractivity contribution in [1.82, 2.24) is 14.7 Å². The van der Waals surface area contributed by atoms with Crippen LogP contribution in [0.5, 0.6) is 0 Å². The largest absolute Gasteiger partial charge is 0.342 e. The first-order valence-corrected chi connectivity index (χ1v) is 11.7. The van der Waals surface area contributed by atoms with Crippen molar-refractivity contribution in [2.75, 3.05) is 39.3 Å². The highest BCUT2D eigenvalue weighted by atomic mass is 35.5. The zero-order valence-corrected chi connectivity index (χ0v) is 19.2. The molecule has 2 heterocycles. The van der Waals surface area contributed by atoms with E-state index in [9.17, 15) is 18.4 Å². The van der Waals surface area contributed by atoms with E-state index in [2.05, 4.69) is 4.90 Å². The topological polar surface area (TPSA) is 43.9 Å². The second-order valence-corrected chi connectivity index (χ2v) is 9.23. The van der Waals surface area contributed by atoms with Crippen molar-refractivity contribution in [3.63, 3.8) is 0 Å². The van der Waals surface area contributed by atoms with Gasteiger partial charge >= 0.3 is 0 Å². The molecule has 4 rings (SSSR count). The van der Waals surface area contributed by atoms with E-state index in [1.54, 1.807) is 23.1 Å². The Kier molecular flexibility index (Phi) is 7.60. The van der Waals surface area contributed by atoms with Gasteiger partial charge < -0.3 is 9.80 Å². The molecule has 0 aromatic heterocycles. The fraction of sp³-hybridized carbons (Fsp3) is 0.440.